The molecule has 15 heavy (non-hydrogen) atoms. The minimum Gasteiger partial charge on any atom is -0.341 e. The molecule has 2 heterocycles. The summed E-state index contributed by atoms with van der Waals surface area (Å²) in [6.45, 7) is 1.92. The van der Waals surface area contributed by atoms with Crippen LogP contribution in [0.1, 0.15) is 12.8 Å². The summed E-state index contributed by atoms with van der Waals surface area (Å²) < 4.78 is 12.6. The maximum Gasteiger partial charge on any atom is 0.225 e. The summed E-state index contributed by atoms with van der Waals surface area (Å²) >= 11 is 3.50. The molecule has 0 bridgehead atoms. The molecule has 1 aliphatic rings. The van der Waals surface area contributed by atoms with E-state index in [2.05, 4.69) is 30.8 Å². The van der Waals surface area contributed by atoms with Gasteiger partial charge < -0.3 is 4.90 Å². The van der Waals surface area contributed by atoms with Crippen LogP contribution in [0.5, 0.6) is 0 Å². The third-order valence-corrected chi connectivity index (χ3v) is 3.54. The highest BCUT2D eigenvalue weighted by Crippen LogP contribution is 2.21. The van der Waals surface area contributed by atoms with Crippen LogP contribution < -0.4 is 4.90 Å². The van der Waals surface area contributed by atoms with E-state index in [0.717, 1.165) is 24.8 Å². The van der Waals surface area contributed by atoms with Crippen molar-refractivity contribution in [3.05, 3.63) is 18.2 Å². The van der Waals surface area contributed by atoms with E-state index in [9.17, 15) is 4.39 Å². The smallest absolute Gasteiger partial charge is 0.225 e. The summed E-state index contributed by atoms with van der Waals surface area (Å²) in [6.07, 6.45) is 4.83. The fourth-order valence-corrected chi connectivity index (χ4v) is 2.37. The van der Waals surface area contributed by atoms with Crippen LogP contribution in [0.3, 0.4) is 0 Å². The molecule has 82 valence electrons. The molecule has 0 aromatic carbocycles. The lowest BCUT2D eigenvalue weighted by molar-refractivity contribution is 0.449. The minimum absolute atomic E-state index is 0.382. The fourth-order valence-electron chi connectivity index (χ4n) is 1.84. The molecule has 1 fully saturated rings. The zero-order chi connectivity index (χ0) is 10.7. The molecular formula is C10H13BrFN3. The minimum atomic E-state index is -0.382. The number of aromatic nitrogens is 2. The second-order valence-electron chi connectivity index (χ2n) is 3.81. The molecular weight excluding hydrogens is 261 g/mol. The molecule has 1 atom stereocenters. The van der Waals surface area contributed by atoms with E-state index in [1.54, 1.807) is 0 Å². The van der Waals surface area contributed by atoms with Crippen molar-refractivity contribution >= 4 is 21.9 Å². The number of hydrogen-bond acceptors (Lipinski definition) is 3. The Balaban J connectivity index is 2.06. The van der Waals surface area contributed by atoms with Crippen molar-refractivity contribution in [2.45, 2.75) is 12.8 Å². The quantitative estimate of drug-likeness (QED) is 0.774. The van der Waals surface area contributed by atoms with Crippen LogP contribution >= 0.6 is 15.9 Å². The molecule has 5 heteroatoms. The molecule has 0 saturated carbocycles. The number of hydrogen-bond donors (Lipinski definition) is 0. The van der Waals surface area contributed by atoms with Crippen molar-refractivity contribution in [2.75, 3.05) is 23.3 Å². The van der Waals surface area contributed by atoms with Crippen LogP contribution in [0.2, 0.25) is 0 Å². The Morgan fingerprint density at radius 3 is 2.87 bits per heavy atom. The molecule has 3 nitrogen and oxygen atoms in total. The van der Waals surface area contributed by atoms with Gasteiger partial charge in [0, 0.05) is 18.4 Å². The summed E-state index contributed by atoms with van der Waals surface area (Å²) in [5.74, 6) is 0.905. The molecule has 0 aliphatic carbocycles. The highest BCUT2D eigenvalue weighted by atomic mass is 79.9. The van der Waals surface area contributed by atoms with Crippen molar-refractivity contribution in [1.82, 2.24) is 9.97 Å². The monoisotopic (exact) mass is 273 g/mol. The van der Waals surface area contributed by atoms with Crippen LogP contribution in [-0.2, 0) is 0 Å². The molecule has 2 rings (SSSR count). The molecule has 0 radical (unpaired) electrons. The Labute approximate surface area is 96.8 Å². The van der Waals surface area contributed by atoms with Gasteiger partial charge in [-0.15, -0.1) is 0 Å². The van der Waals surface area contributed by atoms with Crippen molar-refractivity contribution in [1.29, 1.82) is 0 Å². The van der Waals surface area contributed by atoms with Crippen molar-refractivity contribution < 1.29 is 4.39 Å². The molecule has 0 amide bonds. The van der Waals surface area contributed by atoms with Gasteiger partial charge in [-0.3, -0.25) is 0 Å². The Bertz CT molecular complexity index is 317. The summed E-state index contributed by atoms with van der Waals surface area (Å²) in [5, 5.41) is 1.00. The molecule has 0 spiro atoms. The van der Waals surface area contributed by atoms with Gasteiger partial charge in [-0.05, 0) is 18.8 Å². The summed E-state index contributed by atoms with van der Waals surface area (Å²) in [4.78, 5) is 10.1. The van der Waals surface area contributed by atoms with E-state index in [-0.39, 0.29) is 5.82 Å². The number of nitrogens with zero attached hydrogens (tertiary/aromatic N) is 3. The SMILES string of the molecule is Fc1cnc(N2CCCC(CBr)C2)nc1. The highest BCUT2D eigenvalue weighted by Gasteiger charge is 2.20. The Hall–Kier alpha value is -0.710. The van der Waals surface area contributed by atoms with Crippen LogP contribution in [0.25, 0.3) is 0 Å². The summed E-state index contributed by atoms with van der Waals surface area (Å²) in [5.41, 5.74) is 0. The van der Waals surface area contributed by atoms with Gasteiger partial charge in [-0.25, -0.2) is 14.4 Å². The molecule has 1 aliphatic heterocycles. The van der Waals surface area contributed by atoms with Gasteiger partial charge >= 0.3 is 0 Å². The topological polar surface area (TPSA) is 29.0 Å². The normalized spacial score (nSPS) is 21.7. The first kappa shape index (κ1) is 10.8. The largest absolute Gasteiger partial charge is 0.341 e. The number of piperidine rings is 1. The third kappa shape index (κ3) is 2.65. The molecule has 1 aromatic rings. The molecule has 0 N–H and O–H groups in total. The van der Waals surface area contributed by atoms with Crippen molar-refractivity contribution in [2.24, 2.45) is 5.92 Å². The van der Waals surface area contributed by atoms with Gasteiger partial charge in [0.1, 0.15) is 0 Å². The van der Waals surface area contributed by atoms with Gasteiger partial charge in [0.2, 0.25) is 5.95 Å². The van der Waals surface area contributed by atoms with E-state index in [4.69, 9.17) is 0 Å². The third-order valence-electron chi connectivity index (χ3n) is 2.63. The van der Waals surface area contributed by atoms with E-state index < -0.39 is 0 Å². The first-order valence-electron chi connectivity index (χ1n) is 5.08. The predicted molar refractivity (Wildman–Crippen MR) is 60.7 cm³/mol. The van der Waals surface area contributed by atoms with Crippen LogP contribution in [-0.4, -0.2) is 28.4 Å². The second kappa shape index (κ2) is 4.88. The first-order valence-corrected chi connectivity index (χ1v) is 6.20. The molecule has 1 saturated heterocycles. The number of alkyl halides is 1. The second-order valence-corrected chi connectivity index (χ2v) is 4.46. The highest BCUT2D eigenvalue weighted by molar-refractivity contribution is 9.09. The lowest BCUT2D eigenvalue weighted by Crippen LogP contribution is -2.37. The summed E-state index contributed by atoms with van der Waals surface area (Å²) in [7, 11) is 0. The van der Waals surface area contributed by atoms with Gasteiger partial charge in [-0.1, -0.05) is 15.9 Å². The maximum absolute atomic E-state index is 12.6. The van der Waals surface area contributed by atoms with Crippen LogP contribution in [0.15, 0.2) is 12.4 Å². The van der Waals surface area contributed by atoms with Crippen LogP contribution in [0, 0.1) is 11.7 Å². The average Bonchev–Trinajstić information content (AvgIpc) is 2.30. The van der Waals surface area contributed by atoms with E-state index >= 15 is 0 Å². The Kier molecular flexibility index (Phi) is 3.51. The van der Waals surface area contributed by atoms with Crippen LogP contribution in [0.4, 0.5) is 10.3 Å². The lowest BCUT2D eigenvalue weighted by Gasteiger charge is -2.31. The number of rotatable bonds is 2. The summed E-state index contributed by atoms with van der Waals surface area (Å²) in [6, 6.07) is 0. The number of halogens is 2. The van der Waals surface area contributed by atoms with E-state index in [1.807, 2.05) is 0 Å². The number of anilines is 1. The predicted octanol–water partition coefficient (Wildman–Crippen LogP) is 2.23. The molecule has 1 aromatic heterocycles. The maximum atomic E-state index is 12.6. The van der Waals surface area contributed by atoms with E-state index in [1.165, 1.54) is 18.8 Å². The zero-order valence-electron chi connectivity index (χ0n) is 8.37. The van der Waals surface area contributed by atoms with Gasteiger partial charge in [-0.2, -0.15) is 0 Å². The van der Waals surface area contributed by atoms with Gasteiger partial charge in [0.25, 0.3) is 0 Å². The van der Waals surface area contributed by atoms with Gasteiger partial charge in [0.05, 0.1) is 12.4 Å². The fraction of sp³-hybridized carbons (Fsp3) is 0.600. The standard InChI is InChI=1S/C10H13BrFN3/c11-4-8-2-1-3-15(7-8)10-13-5-9(12)6-14-10/h5-6,8H,1-4,7H2. The van der Waals surface area contributed by atoms with Gasteiger partial charge in [0.15, 0.2) is 5.82 Å². The zero-order valence-corrected chi connectivity index (χ0v) is 9.95. The Morgan fingerprint density at radius 2 is 2.20 bits per heavy atom. The molecule has 1 unspecified atom stereocenters. The van der Waals surface area contributed by atoms with E-state index in [0.29, 0.717) is 11.9 Å². The van der Waals surface area contributed by atoms with Crippen molar-refractivity contribution in [3.8, 4) is 0 Å². The van der Waals surface area contributed by atoms with Crippen molar-refractivity contribution in [3.63, 3.8) is 0 Å². The first-order chi connectivity index (χ1) is 7.29. The Morgan fingerprint density at radius 1 is 1.47 bits per heavy atom. The lowest BCUT2D eigenvalue weighted by atomic mass is 10.0. The average molecular weight is 274 g/mol.